The Labute approximate surface area is 120 Å². The molecular weight excluding hydrogens is 250 g/mol. The minimum Gasteiger partial charge on any atom is -0.497 e. The van der Waals surface area contributed by atoms with Gasteiger partial charge in [0.1, 0.15) is 5.75 Å². The minimum atomic E-state index is 0.342. The average Bonchev–Trinajstić information content (AvgIpc) is 2.80. The van der Waals surface area contributed by atoms with E-state index in [9.17, 15) is 0 Å². The van der Waals surface area contributed by atoms with Gasteiger partial charge in [-0.25, -0.2) is 0 Å². The maximum atomic E-state index is 5.20. The van der Waals surface area contributed by atoms with Crippen molar-refractivity contribution in [2.24, 2.45) is 0 Å². The second-order valence-corrected chi connectivity index (χ2v) is 5.03. The lowest BCUT2D eigenvalue weighted by Crippen LogP contribution is -2.20. The van der Waals surface area contributed by atoms with Gasteiger partial charge >= 0.3 is 0 Å². The number of hydrogen-bond donors (Lipinski definition) is 2. The van der Waals surface area contributed by atoms with Crippen LogP contribution in [-0.2, 0) is 6.54 Å². The molecule has 0 radical (unpaired) electrons. The summed E-state index contributed by atoms with van der Waals surface area (Å²) in [5.41, 5.74) is 4.75. The van der Waals surface area contributed by atoms with Gasteiger partial charge in [0.05, 0.1) is 12.8 Å². The van der Waals surface area contributed by atoms with Gasteiger partial charge in [0.2, 0.25) is 0 Å². The first kappa shape index (κ1) is 14.6. The monoisotopic (exact) mass is 273 g/mol. The van der Waals surface area contributed by atoms with Crippen molar-refractivity contribution in [1.82, 2.24) is 15.5 Å². The van der Waals surface area contributed by atoms with E-state index in [4.69, 9.17) is 4.74 Å². The van der Waals surface area contributed by atoms with Crippen molar-refractivity contribution < 1.29 is 4.74 Å². The molecule has 1 unspecified atom stereocenters. The van der Waals surface area contributed by atoms with Gasteiger partial charge in [0.25, 0.3) is 0 Å². The molecule has 4 heteroatoms. The van der Waals surface area contributed by atoms with Gasteiger partial charge in [-0.3, -0.25) is 5.10 Å². The zero-order valence-corrected chi connectivity index (χ0v) is 12.7. The standard InChI is InChI=1S/C16H23N3O/c1-5-16(13-6-8-14(20-4)9-7-13)17-10-15-11(2)18-19-12(15)3/h6-9,16-17H,5,10H2,1-4H3,(H,18,19). The quantitative estimate of drug-likeness (QED) is 0.849. The van der Waals surface area contributed by atoms with Crippen LogP contribution in [0.25, 0.3) is 0 Å². The highest BCUT2D eigenvalue weighted by atomic mass is 16.5. The minimum absolute atomic E-state index is 0.342. The summed E-state index contributed by atoms with van der Waals surface area (Å²) in [5.74, 6) is 0.894. The maximum absolute atomic E-state index is 5.20. The van der Waals surface area contributed by atoms with E-state index in [2.05, 4.69) is 41.5 Å². The van der Waals surface area contributed by atoms with Crippen LogP contribution < -0.4 is 10.1 Å². The smallest absolute Gasteiger partial charge is 0.118 e. The first-order valence-electron chi connectivity index (χ1n) is 7.03. The molecule has 0 saturated heterocycles. The van der Waals surface area contributed by atoms with Crippen molar-refractivity contribution >= 4 is 0 Å². The van der Waals surface area contributed by atoms with Gasteiger partial charge in [-0.05, 0) is 38.0 Å². The van der Waals surface area contributed by atoms with Crippen molar-refractivity contribution in [2.75, 3.05) is 7.11 Å². The fourth-order valence-electron chi connectivity index (χ4n) is 2.39. The molecule has 0 aliphatic heterocycles. The number of nitrogens with one attached hydrogen (secondary N) is 2. The van der Waals surface area contributed by atoms with Crippen LogP contribution in [-0.4, -0.2) is 17.3 Å². The van der Waals surface area contributed by atoms with E-state index >= 15 is 0 Å². The lowest BCUT2D eigenvalue weighted by Gasteiger charge is -2.18. The summed E-state index contributed by atoms with van der Waals surface area (Å²) in [6.07, 6.45) is 1.04. The van der Waals surface area contributed by atoms with E-state index in [0.717, 1.165) is 30.1 Å². The number of rotatable bonds is 6. The van der Waals surface area contributed by atoms with Gasteiger partial charge in [-0.15, -0.1) is 0 Å². The molecule has 20 heavy (non-hydrogen) atoms. The van der Waals surface area contributed by atoms with Crippen LogP contribution in [0.4, 0.5) is 0 Å². The maximum Gasteiger partial charge on any atom is 0.118 e. The van der Waals surface area contributed by atoms with E-state index in [0.29, 0.717) is 6.04 Å². The highest BCUT2D eigenvalue weighted by molar-refractivity contribution is 5.29. The second-order valence-electron chi connectivity index (χ2n) is 5.03. The predicted molar refractivity (Wildman–Crippen MR) is 80.9 cm³/mol. The van der Waals surface area contributed by atoms with Crippen molar-refractivity contribution in [3.05, 3.63) is 46.8 Å². The van der Waals surface area contributed by atoms with E-state index in [1.54, 1.807) is 7.11 Å². The highest BCUT2D eigenvalue weighted by Gasteiger charge is 2.11. The molecule has 1 aromatic carbocycles. The Balaban J connectivity index is 2.05. The average molecular weight is 273 g/mol. The van der Waals surface area contributed by atoms with Crippen molar-refractivity contribution in [3.63, 3.8) is 0 Å². The number of aromatic nitrogens is 2. The molecule has 1 heterocycles. The van der Waals surface area contributed by atoms with Crippen LogP contribution in [0.1, 0.15) is 41.9 Å². The highest BCUT2D eigenvalue weighted by Crippen LogP contribution is 2.21. The fraction of sp³-hybridized carbons (Fsp3) is 0.438. The van der Waals surface area contributed by atoms with Crippen LogP contribution in [0.2, 0.25) is 0 Å². The van der Waals surface area contributed by atoms with E-state index in [1.165, 1.54) is 11.1 Å². The van der Waals surface area contributed by atoms with Crippen molar-refractivity contribution in [3.8, 4) is 5.75 Å². The number of ether oxygens (including phenoxy) is 1. The van der Waals surface area contributed by atoms with Crippen LogP contribution in [0.5, 0.6) is 5.75 Å². The van der Waals surface area contributed by atoms with Gasteiger partial charge in [0.15, 0.2) is 0 Å². The molecule has 2 aromatic rings. The van der Waals surface area contributed by atoms with E-state index in [-0.39, 0.29) is 0 Å². The normalized spacial score (nSPS) is 12.4. The molecule has 0 spiro atoms. The molecule has 0 amide bonds. The Kier molecular flexibility index (Phi) is 4.79. The molecule has 0 bridgehead atoms. The largest absolute Gasteiger partial charge is 0.497 e. The Bertz CT molecular complexity index is 526. The summed E-state index contributed by atoms with van der Waals surface area (Å²) >= 11 is 0. The zero-order valence-electron chi connectivity index (χ0n) is 12.7. The van der Waals surface area contributed by atoms with Crippen LogP contribution in [0, 0.1) is 13.8 Å². The van der Waals surface area contributed by atoms with Gasteiger partial charge in [-0.2, -0.15) is 5.10 Å². The number of hydrogen-bond acceptors (Lipinski definition) is 3. The second kappa shape index (κ2) is 6.57. The summed E-state index contributed by atoms with van der Waals surface area (Å²) in [4.78, 5) is 0. The molecule has 2 rings (SSSR count). The van der Waals surface area contributed by atoms with E-state index < -0.39 is 0 Å². The molecule has 108 valence electrons. The summed E-state index contributed by atoms with van der Waals surface area (Å²) < 4.78 is 5.20. The Morgan fingerprint density at radius 2 is 1.95 bits per heavy atom. The van der Waals surface area contributed by atoms with Gasteiger partial charge < -0.3 is 10.1 Å². The third-order valence-corrected chi connectivity index (χ3v) is 3.73. The number of benzene rings is 1. The zero-order chi connectivity index (χ0) is 14.5. The molecule has 0 fully saturated rings. The fourth-order valence-corrected chi connectivity index (χ4v) is 2.39. The number of nitrogens with zero attached hydrogens (tertiary/aromatic N) is 1. The summed E-state index contributed by atoms with van der Waals surface area (Å²) in [5, 5.41) is 10.9. The third-order valence-electron chi connectivity index (χ3n) is 3.73. The van der Waals surface area contributed by atoms with Crippen LogP contribution >= 0.6 is 0 Å². The summed E-state index contributed by atoms with van der Waals surface area (Å²) in [7, 11) is 1.69. The SMILES string of the molecule is CCC(NCc1c(C)n[nH]c1C)c1ccc(OC)cc1. The summed E-state index contributed by atoms with van der Waals surface area (Å²) in [6, 6.07) is 8.60. The Hall–Kier alpha value is -1.81. The van der Waals surface area contributed by atoms with Crippen molar-refractivity contribution in [2.45, 2.75) is 39.8 Å². The van der Waals surface area contributed by atoms with Gasteiger partial charge in [-0.1, -0.05) is 19.1 Å². The topological polar surface area (TPSA) is 49.9 Å². The molecule has 1 atom stereocenters. The third kappa shape index (κ3) is 3.20. The van der Waals surface area contributed by atoms with Crippen molar-refractivity contribution in [1.29, 1.82) is 0 Å². The molecule has 0 aliphatic carbocycles. The molecule has 0 aliphatic rings. The van der Waals surface area contributed by atoms with Gasteiger partial charge in [0, 0.05) is 23.8 Å². The molecule has 2 N–H and O–H groups in total. The number of methoxy groups -OCH3 is 1. The number of aromatic amines is 1. The summed E-state index contributed by atoms with van der Waals surface area (Å²) in [6.45, 7) is 7.12. The predicted octanol–water partition coefficient (Wildman–Crippen LogP) is 3.28. The molecule has 1 aromatic heterocycles. The lowest BCUT2D eigenvalue weighted by molar-refractivity contribution is 0.414. The van der Waals surface area contributed by atoms with E-state index in [1.807, 2.05) is 19.1 Å². The lowest BCUT2D eigenvalue weighted by atomic mass is 10.0. The molecule has 4 nitrogen and oxygen atoms in total. The number of H-pyrrole nitrogens is 1. The number of aryl methyl sites for hydroxylation is 2. The van der Waals surface area contributed by atoms with Crippen LogP contribution in [0.3, 0.4) is 0 Å². The Morgan fingerprint density at radius 1 is 1.25 bits per heavy atom. The molecule has 0 saturated carbocycles. The first-order chi connectivity index (χ1) is 9.65. The first-order valence-corrected chi connectivity index (χ1v) is 7.03. The van der Waals surface area contributed by atoms with Crippen LogP contribution in [0.15, 0.2) is 24.3 Å². The molecular formula is C16H23N3O. The Morgan fingerprint density at radius 3 is 2.45 bits per heavy atom.